The maximum absolute atomic E-state index is 13.3. The lowest BCUT2D eigenvalue weighted by Gasteiger charge is -2.44. The molecule has 0 unspecified atom stereocenters. The molecule has 1 aliphatic carbocycles. The van der Waals surface area contributed by atoms with Crippen molar-refractivity contribution < 1.29 is 9.90 Å². The van der Waals surface area contributed by atoms with Crippen molar-refractivity contribution in [1.82, 2.24) is 14.9 Å². The van der Waals surface area contributed by atoms with E-state index < -0.39 is 0 Å². The van der Waals surface area contributed by atoms with Gasteiger partial charge in [-0.25, -0.2) is 4.98 Å². The smallest absolute Gasteiger partial charge is 0.274 e. The van der Waals surface area contributed by atoms with Crippen LogP contribution in [0.5, 0.6) is 0 Å². The summed E-state index contributed by atoms with van der Waals surface area (Å²) in [6.45, 7) is 0.749. The molecule has 0 radical (unpaired) electrons. The standard InChI is InChI=1S/C24H28N4O2/c1-27-21-8-7-17(16-5-3-2-4-6-16)13-19(21)23-18(22(27)15-29)9-12-28(23)24(30)20-14-25-10-11-26-20/h5,7-8,10-11,13-14,18,22-23,29H,2-4,6,9,12,15H2,1H3/t18-,22-,23-/m1/s1. The zero-order chi connectivity index (χ0) is 20.7. The van der Waals surface area contributed by atoms with E-state index in [1.807, 2.05) is 4.90 Å². The molecule has 3 heterocycles. The van der Waals surface area contributed by atoms with Crippen LogP contribution in [0.2, 0.25) is 0 Å². The monoisotopic (exact) mass is 404 g/mol. The van der Waals surface area contributed by atoms with Crippen molar-refractivity contribution in [2.45, 2.75) is 44.2 Å². The van der Waals surface area contributed by atoms with Gasteiger partial charge in [-0.3, -0.25) is 9.78 Å². The van der Waals surface area contributed by atoms with Gasteiger partial charge in [-0.15, -0.1) is 0 Å². The molecule has 6 nitrogen and oxygen atoms in total. The number of likely N-dealkylation sites (tertiary alicyclic amines) is 1. The molecule has 2 aliphatic heterocycles. The number of fused-ring (bicyclic) bond motifs is 3. The molecule has 3 aliphatic rings. The van der Waals surface area contributed by atoms with E-state index >= 15 is 0 Å². The predicted octanol–water partition coefficient (Wildman–Crippen LogP) is 3.45. The predicted molar refractivity (Wildman–Crippen MR) is 116 cm³/mol. The number of carbonyl (C=O) groups excluding carboxylic acids is 1. The fourth-order valence-corrected chi connectivity index (χ4v) is 5.54. The van der Waals surface area contributed by atoms with E-state index in [-0.39, 0.29) is 30.5 Å². The Morgan fingerprint density at radius 2 is 2.17 bits per heavy atom. The summed E-state index contributed by atoms with van der Waals surface area (Å²) in [5.74, 6) is 0.119. The maximum Gasteiger partial charge on any atom is 0.274 e. The second-order valence-corrected chi connectivity index (χ2v) is 8.60. The summed E-state index contributed by atoms with van der Waals surface area (Å²) in [4.78, 5) is 25.8. The van der Waals surface area contributed by atoms with Gasteiger partial charge in [-0.1, -0.05) is 12.1 Å². The highest BCUT2D eigenvalue weighted by atomic mass is 16.3. The normalized spacial score (nSPS) is 25.5. The molecule has 0 bridgehead atoms. The number of aliphatic hydroxyl groups is 1. The molecule has 1 saturated heterocycles. The van der Waals surface area contributed by atoms with Crippen LogP contribution in [0.3, 0.4) is 0 Å². The lowest BCUT2D eigenvalue weighted by molar-refractivity contribution is 0.0687. The van der Waals surface area contributed by atoms with Gasteiger partial charge in [0.15, 0.2) is 0 Å². The average Bonchev–Trinajstić information content (AvgIpc) is 3.25. The van der Waals surface area contributed by atoms with Gasteiger partial charge in [0, 0.05) is 37.6 Å². The molecule has 1 amide bonds. The lowest BCUT2D eigenvalue weighted by atomic mass is 9.80. The van der Waals surface area contributed by atoms with E-state index in [1.165, 1.54) is 35.7 Å². The van der Waals surface area contributed by atoms with Crippen molar-refractivity contribution in [3.05, 3.63) is 59.7 Å². The third-order valence-corrected chi connectivity index (χ3v) is 7.05. The minimum Gasteiger partial charge on any atom is -0.394 e. The highest BCUT2D eigenvalue weighted by Gasteiger charge is 2.48. The third kappa shape index (κ3) is 3.10. The molecule has 5 rings (SSSR count). The second kappa shape index (κ2) is 7.84. The highest BCUT2D eigenvalue weighted by Crippen LogP contribution is 2.49. The summed E-state index contributed by atoms with van der Waals surface area (Å²) in [6, 6.07) is 6.61. The van der Waals surface area contributed by atoms with Crippen LogP contribution in [0.1, 0.15) is 59.8 Å². The number of carbonyl (C=O) groups is 1. The van der Waals surface area contributed by atoms with Gasteiger partial charge in [-0.2, -0.15) is 0 Å². The van der Waals surface area contributed by atoms with Gasteiger partial charge in [0.2, 0.25) is 0 Å². The fraction of sp³-hybridized carbons (Fsp3) is 0.458. The number of hydrogen-bond acceptors (Lipinski definition) is 5. The largest absolute Gasteiger partial charge is 0.394 e. The van der Waals surface area contributed by atoms with Gasteiger partial charge >= 0.3 is 0 Å². The van der Waals surface area contributed by atoms with Gasteiger partial charge in [0.05, 0.1) is 24.9 Å². The Kier molecular flexibility index (Phi) is 5.03. The van der Waals surface area contributed by atoms with Crippen LogP contribution in [0.4, 0.5) is 5.69 Å². The summed E-state index contributed by atoms with van der Waals surface area (Å²) in [7, 11) is 2.06. The zero-order valence-electron chi connectivity index (χ0n) is 17.4. The van der Waals surface area contributed by atoms with Crippen molar-refractivity contribution in [1.29, 1.82) is 0 Å². The van der Waals surface area contributed by atoms with E-state index in [0.717, 1.165) is 24.9 Å². The quantitative estimate of drug-likeness (QED) is 0.849. The second-order valence-electron chi connectivity index (χ2n) is 8.60. The Hall–Kier alpha value is -2.73. The molecule has 156 valence electrons. The molecule has 6 heteroatoms. The topological polar surface area (TPSA) is 69.6 Å². The maximum atomic E-state index is 13.3. The zero-order valence-corrected chi connectivity index (χ0v) is 17.4. The molecular weight excluding hydrogens is 376 g/mol. The summed E-state index contributed by atoms with van der Waals surface area (Å²) in [5, 5.41) is 10.2. The molecule has 30 heavy (non-hydrogen) atoms. The molecule has 2 aromatic rings. The SMILES string of the molecule is CN1c2ccc(C3=CCCCC3)cc2[C@H]2[C@H](CCN2C(=O)c2cnccn2)[C@H]1CO. The number of likely N-dealkylation sites (N-methyl/N-ethyl adjacent to an activating group) is 1. The molecule has 3 atom stereocenters. The first-order chi connectivity index (χ1) is 14.7. The molecule has 0 saturated carbocycles. The summed E-state index contributed by atoms with van der Waals surface area (Å²) >= 11 is 0. The summed E-state index contributed by atoms with van der Waals surface area (Å²) < 4.78 is 0. The van der Waals surface area contributed by atoms with Crippen LogP contribution in [0.15, 0.2) is 42.9 Å². The van der Waals surface area contributed by atoms with Crippen LogP contribution in [0.25, 0.3) is 5.57 Å². The minimum atomic E-state index is -0.0786. The van der Waals surface area contributed by atoms with Gasteiger partial charge in [-0.05, 0) is 60.9 Å². The molecule has 1 aromatic heterocycles. The average molecular weight is 405 g/mol. The summed E-state index contributed by atoms with van der Waals surface area (Å²) in [5.41, 5.74) is 5.35. The highest BCUT2D eigenvalue weighted by molar-refractivity contribution is 5.93. The van der Waals surface area contributed by atoms with Crippen LogP contribution in [-0.2, 0) is 0 Å². The molecule has 1 fully saturated rings. The first-order valence-electron chi connectivity index (χ1n) is 10.9. The van der Waals surface area contributed by atoms with Crippen molar-refractivity contribution in [3.8, 4) is 0 Å². The van der Waals surface area contributed by atoms with Crippen LogP contribution >= 0.6 is 0 Å². The Labute approximate surface area is 177 Å². The Bertz CT molecular complexity index is 974. The van der Waals surface area contributed by atoms with Gasteiger partial charge in [0.1, 0.15) is 5.69 Å². The van der Waals surface area contributed by atoms with E-state index in [0.29, 0.717) is 12.2 Å². The van der Waals surface area contributed by atoms with E-state index in [1.54, 1.807) is 12.4 Å². The van der Waals surface area contributed by atoms with Gasteiger partial charge < -0.3 is 14.9 Å². The van der Waals surface area contributed by atoms with Crippen molar-refractivity contribution in [2.75, 3.05) is 25.1 Å². The van der Waals surface area contributed by atoms with Crippen molar-refractivity contribution in [3.63, 3.8) is 0 Å². The Morgan fingerprint density at radius 1 is 1.27 bits per heavy atom. The van der Waals surface area contributed by atoms with Crippen molar-refractivity contribution >= 4 is 17.2 Å². The molecule has 1 aromatic carbocycles. The van der Waals surface area contributed by atoms with E-state index in [9.17, 15) is 9.90 Å². The van der Waals surface area contributed by atoms with E-state index in [2.05, 4.69) is 46.2 Å². The molecular formula is C24H28N4O2. The van der Waals surface area contributed by atoms with Crippen LogP contribution in [-0.4, -0.2) is 52.1 Å². The summed E-state index contributed by atoms with van der Waals surface area (Å²) in [6.07, 6.45) is 12.7. The number of anilines is 1. The van der Waals surface area contributed by atoms with Gasteiger partial charge in [0.25, 0.3) is 5.91 Å². The lowest BCUT2D eigenvalue weighted by Crippen LogP contribution is -2.48. The first-order valence-corrected chi connectivity index (χ1v) is 10.9. The third-order valence-electron chi connectivity index (χ3n) is 7.05. The number of nitrogens with zero attached hydrogens (tertiary/aromatic N) is 4. The number of allylic oxidation sites excluding steroid dienone is 2. The first kappa shape index (κ1) is 19.2. The number of hydrogen-bond donors (Lipinski definition) is 1. The Morgan fingerprint density at radius 3 is 2.90 bits per heavy atom. The molecule has 1 N–H and O–H groups in total. The molecule has 0 spiro atoms. The number of benzene rings is 1. The minimum absolute atomic E-state index is 0.00176. The fourth-order valence-electron chi connectivity index (χ4n) is 5.54. The number of aromatic nitrogens is 2. The van der Waals surface area contributed by atoms with Crippen LogP contribution < -0.4 is 4.90 Å². The van der Waals surface area contributed by atoms with Crippen molar-refractivity contribution in [2.24, 2.45) is 5.92 Å². The number of amides is 1. The number of rotatable bonds is 3. The number of aliphatic hydroxyl groups excluding tert-OH is 1. The van der Waals surface area contributed by atoms with Crippen LogP contribution in [0, 0.1) is 5.92 Å². The van der Waals surface area contributed by atoms with E-state index in [4.69, 9.17) is 0 Å². The Balaban J connectivity index is 1.58.